The number of likely N-dealkylation sites (N-methyl/N-ethyl adjacent to an activating group) is 1. The summed E-state index contributed by atoms with van der Waals surface area (Å²) in [7, 11) is 4.10. The Morgan fingerprint density at radius 1 is 1.32 bits per heavy atom. The van der Waals surface area contributed by atoms with Crippen molar-refractivity contribution in [3.05, 3.63) is 35.6 Å². The van der Waals surface area contributed by atoms with Crippen LogP contribution in [-0.2, 0) is 4.79 Å². The minimum atomic E-state index is -0.175. The highest BCUT2D eigenvalue weighted by Gasteiger charge is 2.48. The van der Waals surface area contributed by atoms with Gasteiger partial charge in [0.2, 0.25) is 5.91 Å². The van der Waals surface area contributed by atoms with E-state index in [1.165, 1.54) is 12.5 Å². The molecule has 1 aromatic carbocycles. The lowest BCUT2D eigenvalue weighted by Crippen LogP contribution is -2.49. The zero-order valence-corrected chi connectivity index (χ0v) is 13.5. The number of carbonyl (C=O) groups excluding carboxylic acids is 1. The van der Waals surface area contributed by atoms with Gasteiger partial charge in [0.25, 0.3) is 0 Å². The van der Waals surface area contributed by atoms with Crippen LogP contribution < -0.4 is 0 Å². The Morgan fingerprint density at radius 2 is 2.09 bits per heavy atom. The summed E-state index contributed by atoms with van der Waals surface area (Å²) in [6, 6.07) is 7.19. The molecule has 0 bridgehead atoms. The summed E-state index contributed by atoms with van der Waals surface area (Å²) in [6.45, 7) is 1.78. The molecule has 1 amide bonds. The first-order valence-corrected chi connectivity index (χ1v) is 8.27. The standard InChI is InChI=1S/C18H25FN2O/c1-20(2)12-13-7-5-6-10-21(13)18(22)16-11-15(16)14-8-3-4-9-17(14)19/h3-4,8-9,13,15-16H,5-7,10-12H2,1-2H3/t13-,15-,16-/m0/s1. The Hall–Kier alpha value is -1.42. The molecule has 3 rings (SSSR count). The highest BCUT2D eigenvalue weighted by Crippen LogP contribution is 2.49. The van der Waals surface area contributed by atoms with Crippen LogP contribution in [-0.4, -0.2) is 48.9 Å². The lowest BCUT2D eigenvalue weighted by atomic mass is 10.00. The number of rotatable bonds is 4. The molecule has 3 atom stereocenters. The van der Waals surface area contributed by atoms with E-state index in [2.05, 4.69) is 23.9 Å². The zero-order valence-electron chi connectivity index (χ0n) is 13.5. The third-order valence-electron chi connectivity index (χ3n) is 4.90. The van der Waals surface area contributed by atoms with Gasteiger partial charge >= 0.3 is 0 Å². The van der Waals surface area contributed by atoms with Crippen LogP contribution in [0, 0.1) is 11.7 Å². The Labute approximate surface area is 132 Å². The van der Waals surface area contributed by atoms with Crippen molar-refractivity contribution in [3.8, 4) is 0 Å². The van der Waals surface area contributed by atoms with Crippen LogP contribution in [0.3, 0.4) is 0 Å². The van der Waals surface area contributed by atoms with Gasteiger partial charge in [0.1, 0.15) is 5.82 Å². The quantitative estimate of drug-likeness (QED) is 0.854. The SMILES string of the molecule is CN(C)C[C@@H]1CCCCN1C(=O)[C@H]1C[C@H]1c1ccccc1F. The summed E-state index contributed by atoms with van der Waals surface area (Å²) < 4.78 is 13.9. The largest absolute Gasteiger partial charge is 0.338 e. The molecule has 1 heterocycles. The summed E-state index contributed by atoms with van der Waals surface area (Å²) in [4.78, 5) is 17.0. The number of carbonyl (C=O) groups is 1. The van der Waals surface area contributed by atoms with E-state index in [9.17, 15) is 9.18 Å². The molecule has 1 aromatic rings. The van der Waals surface area contributed by atoms with Crippen molar-refractivity contribution in [3.63, 3.8) is 0 Å². The van der Waals surface area contributed by atoms with Crippen LogP contribution in [0.1, 0.15) is 37.2 Å². The molecule has 22 heavy (non-hydrogen) atoms. The van der Waals surface area contributed by atoms with E-state index < -0.39 is 0 Å². The van der Waals surface area contributed by atoms with Crippen molar-refractivity contribution >= 4 is 5.91 Å². The molecule has 0 aromatic heterocycles. The van der Waals surface area contributed by atoms with Crippen molar-refractivity contribution < 1.29 is 9.18 Å². The minimum Gasteiger partial charge on any atom is -0.338 e. The van der Waals surface area contributed by atoms with Crippen molar-refractivity contribution in [1.82, 2.24) is 9.80 Å². The maximum absolute atomic E-state index is 13.9. The number of halogens is 1. The fourth-order valence-electron chi connectivity index (χ4n) is 3.70. The van der Waals surface area contributed by atoms with Gasteiger partial charge in [0.05, 0.1) is 0 Å². The lowest BCUT2D eigenvalue weighted by Gasteiger charge is -2.37. The normalized spacial score (nSPS) is 28.0. The molecule has 1 saturated carbocycles. The van der Waals surface area contributed by atoms with Crippen LogP contribution in [0.15, 0.2) is 24.3 Å². The molecule has 2 fully saturated rings. The van der Waals surface area contributed by atoms with Crippen molar-refractivity contribution in [1.29, 1.82) is 0 Å². The van der Waals surface area contributed by atoms with E-state index >= 15 is 0 Å². The summed E-state index contributed by atoms with van der Waals surface area (Å²) in [5.74, 6) is 0.126. The molecule has 3 nitrogen and oxygen atoms in total. The van der Waals surface area contributed by atoms with Gasteiger partial charge in [-0.1, -0.05) is 18.2 Å². The van der Waals surface area contributed by atoms with Crippen molar-refractivity contribution in [2.75, 3.05) is 27.2 Å². The average molecular weight is 304 g/mol. The first kappa shape index (κ1) is 15.5. The topological polar surface area (TPSA) is 23.6 Å². The van der Waals surface area contributed by atoms with E-state index in [4.69, 9.17) is 0 Å². The van der Waals surface area contributed by atoms with E-state index in [1.807, 2.05) is 12.1 Å². The summed E-state index contributed by atoms with van der Waals surface area (Å²) in [6.07, 6.45) is 4.17. The van der Waals surface area contributed by atoms with E-state index in [-0.39, 0.29) is 23.6 Å². The highest BCUT2D eigenvalue weighted by molar-refractivity contribution is 5.83. The summed E-state index contributed by atoms with van der Waals surface area (Å²) in [5, 5.41) is 0. The number of nitrogens with zero attached hydrogens (tertiary/aromatic N) is 2. The molecule has 0 radical (unpaired) electrons. The Balaban J connectivity index is 1.68. The first-order chi connectivity index (χ1) is 10.6. The van der Waals surface area contributed by atoms with Gasteiger partial charge in [-0.2, -0.15) is 0 Å². The molecular weight excluding hydrogens is 279 g/mol. The van der Waals surface area contributed by atoms with Gasteiger partial charge in [-0.25, -0.2) is 4.39 Å². The lowest BCUT2D eigenvalue weighted by molar-refractivity contribution is -0.136. The molecule has 2 aliphatic rings. The molecule has 0 spiro atoms. The van der Waals surface area contributed by atoms with Crippen LogP contribution >= 0.6 is 0 Å². The second-order valence-electron chi connectivity index (χ2n) is 6.91. The van der Waals surface area contributed by atoms with Crippen LogP contribution in [0.4, 0.5) is 4.39 Å². The van der Waals surface area contributed by atoms with Gasteiger partial charge in [0.15, 0.2) is 0 Å². The molecule has 0 unspecified atom stereocenters. The van der Waals surface area contributed by atoms with Gasteiger partial charge in [-0.15, -0.1) is 0 Å². The highest BCUT2D eigenvalue weighted by atomic mass is 19.1. The second-order valence-corrected chi connectivity index (χ2v) is 6.91. The van der Waals surface area contributed by atoms with Crippen LogP contribution in [0.2, 0.25) is 0 Å². The predicted octanol–water partition coefficient (Wildman–Crippen LogP) is 2.87. The van der Waals surface area contributed by atoms with E-state index in [0.29, 0.717) is 11.6 Å². The maximum Gasteiger partial charge on any atom is 0.226 e. The molecule has 4 heteroatoms. The Morgan fingerprint density at radius 3 is 2.82 bits per heavy atom. The molecule has 1 aliphatic heterocycles. The number of amides is 1. The zero-order chi connectivity index (χ0) is 15.7. The maximum atomic E-state index is 13.9. The molecule has 1 aliphatic carbocycles. The van der Waals surface area contributed by atoms with E-state index in [1.54, 1.807) is 6.07 Å². The Bertz CT molecular complexity index is 546. The number of likely N-dealkylation sites (tertiary alicyclic amines) is 1. The number of piperidine rings is 1. The minimum absolute atomic E-state index is 0.0142. The summed E-state index contributed by atoms with van der Waals surface area (Å²) >= 11 is 0. The fraction of sp³-hybridized carbons (Fsp3) is 0.611. The number of hydrogen-bond donors (Lipinski definition) is 0. The fourth-order valence-corrected chi connectivity index (χ4v) is 3.70. The van der Waals surface area contributed by atoms with Gasteiger partial charge < -0.3 is 9.80 Å². The molecule has 1 saturated heterocycles. The van der Waals surface area contributed by atoms with Crippen molar-refractivity contribution in [2.24, 2.45) is 5.92 Å². The van der Waals surface area contributed by atoms with Gasteiger partial charge in [-0.3, -0.25) is 4.79 Å². The monoisotopic (exact) mass is 304 g/mol. The third kappa shape index (κ3) is 3.17. The second kappa shape index (κ2) is 6.37. The average Bonchev–Trinajstić information content (AvgIpc) is 3.27. The van der Waals surface area contributed by atoms with Gasteiger partial charge in [0, 0.05) is 25.0 Å². The van der Waals surface area contributed by atoms with Crippen LogP contribution in [0.25, 0.3) is 0 Å². The Kier molecular flexibility index (Phi) is 4.48. The smallest absolute Gasteiger partial charge is 0.226 e. The third-order valence-corrected chi connectivity index (χ3v) is 4.90. The molecular formula is C18H25FN2O. The molecule has 120 valence electrons. The van der Waals surface area contributed by atoms with E-state index in [0.717, 1.165) is 32.4 Å². The summed E-state index contributed by atoms with van der Waals surface area (Å²) in [5.41, 5.74) is 0.710. The van der Waals surface area contributed by atoms with Crippen molar-refractivity contribution in [2.45, 2.75) is 37.6 Å². The number of hydrogen-bond acceptors (Lipinski definition) is 2. The van der Waals surface area contributed by atoms with Crippen LogP contribution in [0.5, 0.6) is 0 Å². The number of benzene rings is 1. The predicted molar refractivity (Wildman–Crippen MR) is 85.2 cm³/mol. The van der Waals surface area contributed by atoms with Gasteiger partial charge in [-0.05, 0) is 57.3 Å². The first-order valence-electron chi connectivity index (χ1n) is 8.27. The molecule has 0 N–H and O–H groups in total.